The Hall–Kier alpha value is -1.76. The molecule has 0 bridgehead atoms. The molecule has 0 radical (unpaired) electrons. The maximum atomic E-state index is 13.3. The first-order valence-corrected chi connectivity index (χ1v) is 9.95. The lowest BCUT2D eigenvalue weighted by atomic mass is 10.00. The summed E-state index contributed by atoms with van der Waals surface area (Å²) in [7, 11) is -2.06. The Kier molecular flexibility index (Phi) is 4.70. The molecule has 1 fully saturated rings. The van der Waals surface area contributed by atoms with E-state index in [0.717, 1.165) is 11.1 Å². The molecule has 0 amide bonds. The molecule has 0 aliphatic heterocycles. The fraction of sp³-hybridized carbons (Fsp3) is 0.316. The number of hydrogen-bond donors (Lipinski definition) is 1. The van der Waals surface area contributed by atoms with E-state index >= 15 is 0 Å². The van der Waals surface area contributed by atoms with Crippen LogP contribution >= 0.6 is 12.2 Å². The van der Waals surface area contributed by atoms with Crippen molar-refractivity contribution in [2.75, 3.05) is 13.7 Å². The van der Waals surface area contributed by atoms with Gasteiger partial charge < -0.3 is 10.5 Å². The van der Waals surface area contributed by atoms with Crippen LogP contribution in [0.25, 0.3) is 0 Å². The summed E-state index contributed by atoms with van der Waals surface area (Å²) >= 11 is 5.29. The molecule has 6 heteroatoms. The van der Waals surface area contributed by atoms with E-state index in [1.807, 2.05) is 37.3 Å². The molecule has 2 aromatic rings. The van der Waals surface area contributed by atoms with Crippen LogP contribution in [0.1, 0.15) is 17.0 Å². The summed E-state index contributed by atoms with van der Waals surface area (Å²) in [6.45, 7) is 2.10. The highest BCUT2D eigenvalue weighted by atomic mass is 32.2. The summed E-state index contributed by atoms with van der Waals surface area (Å²) in [6.07, 6.45) is 0. The highest BCUT2D eigenvalue weighted by Crippen LogP contribution is 2.64. The molecular formula is C19H21NO3S2. The van der Waals surface area contributed by atoms with Crippen LogP contribution < -0.4 is 5.73 Å². The van der Waals surface area contributed by atoms with Gasteiger partial charge in [0.15, 0.2) is 9.84 Å². The van der Waals surface area contributed by atoms with Crippen LogP contribution in [0.5, 0.6) is 0 Å². The highest BCUT2D eigenvalue weighted by molar-refractivity contribution is 7.92. The molecule has 3 atom stereocenters. The predicted octanol–water partition coefficient (Wildman–Crippen LogP) is 2.85. The van der Waals surface area contributed by atoms with E-state index < -0.39 is 20.5 Å². The SMILES string of the molecule is COC[C@@]1(C(N)=S)[C@@H](c2ccccc2)[C@@H]1S(=O)(=O)c1ccc(C)cc1. The quantitative estimate of drug-likeness (QED) is 0.786. The molecule has 1 saturated carbocycles. The first kappa shape index (κ1) is 18.0. The highest BCUT2D eigenvalue weighted by Gasteiger charge is 2.73. The summed E-state index contributed by atoms with van der Waals surface area (Å²) in [5.41, 5.74) is 7.06. The number of ether oxygens (including phenoxy) is 1. The van der Waals surface area contributed by atoms with Crippen LogP contribution in [0.15, 0.2) is 59.5 Å². The van der Waals surface area contributed by atoms with Gasteiger partial charge in [-0.25, -0.2) is 8.42 Å². The fourth-order valence-electron chi connectivity index (χ4n) is 3.64. The summed E-state index contributed by atoms with van der Waals surface area (Å²) < 4.78 is 32.0. The van der Waals surface area contributed by atoms with Crippen molar-refractivity contribution >= 4 is 27.0 Å². The van der Waals surface area contributed by atoms with E-state index in [0.29, 0.717) is 4.90 Å². The Morgan fingerprint density at radius 1 is 1.16 bits per heavy atom. The Labute approximate surface area is 153 Å². The molecule has 0 saturated heterocycles. The van der Waals surface area contributed by atoms with Crippen molar-refractivity contribution in [2.45, 2.75) is 23.0 Å². The third-order valence-corrected chi connectivity index (χ3v) is 7.61. The van der Waals surface area contributed by atoms with Crippen molar-refractivity contribution in [3.05, 3.63) is 65.7 Å². The lowest BCUT2D eigenvalue weighted by Crippen LogP contribution is -2.33. The molecule has 4 nitrogen and oxygen atoms in total. The molecule has 0 heterocycles. The van der Waals surface area contributed by atoms with Crippen LogP contribution in [0.4, 0.5) is 0 Å². The summed E-state index contributed by atoms with van der Waals surface area (Å²) in [5, 5.41) is -0.720. The molecule has 2 aromatic carbocycles. The number of nitrogens with two attached hydrogens (primary N) is 1. The molecule has 3 rings (SSSR count). The zero-order chi connectivity index (χ0) is 18.2. The molecule has 1 aliphatic carbocycles. The van der Waals surface area contributed by atoms with Crippen molar-refractivity contribution in [3.63, 3.8) is 0 Å². The predicted molar refractivity (Wildman–Crippen MR) is 102 cm³/mol. The number of benzene rings is 2. The van der Waals surface area contributed by atoms with Gasteiger partial charge in [0.25, 0.3) is 0 Å². The van der Waals surface area contributed by atoms with E-state index in [9.17, 15) is 8.42 Å². The average molecular weight is 376 g/mol. The van der Waals surface area contributed by atoms with Gasteiger partial charge in [-0.1, -0.05) is 60.2 Å². The van der Waals surface area contributed by atoms with E-state index in [-0.39, 0.29) is 17.5 Å². The van der Waals surface area contributed by atoms with E-state index in [1.165, 1.54) is 7.11 Å². The molecule has 0 spiro atoms. The molecular weight excluding hydrogens is 354 g/mol. The summed E-state index contributed by atoms with van der Waals surface area (Å²) in [6, 6.07) is 16.4. The van der Waals surface area contributed by atoms with Crippen LogP contribution in [-0.2, 0) is 14.6 Å². The lowest BCUT2D eigenvalue weighted by Gasteiger charge is -2.16. The van der Waals surface area contributed by atoms with Gasteiger partial charge >= 0.3 is 0 Å². The number of methoxy groups -OCH3 is 1. The zero-order valence-electron chi connectivity index (χ0n) is 14.2. The Morgan fingerprint density at radius 2 is 1.76 bits per heavy atom. The van der Waals surface area contributed by atoms with E-state index in [2.05, 4.69) is 0 Å². The molecule has 0 unspecified atom stereocenters. The smallest absolute Gasteiger partial charge is 0.182 e. The maximum absolute atomic E-state index is 13.3. The summed E-state index contributed by atoms with van der Waals surface area (Å²) in [5.74, 6) is -0.308. The molecule has 25 heavy (non-hydrogen) atoms. The van der Waals surface area contributed by atoms with Gasteiger partial charge in [0.05, 0.1) is 27.2 Å². The number of sulfone groups is 1. The standard InChI is InChI=1S/C19H21NO3S2/c1-13-8-10-15(11-9-13)25(21,22)17-16(14-6-4-3-5-7-14)19(17,12-23-2)18(20)24/h3-11,16-17H,12H2,1-2H3,(H2,20,24)/t16-,17-,19+/m0/s1. The molecule has 1 aliphatic rings. The Morgan fingerprint density at radius 3 is 2.28 bits per heavy atom. The van der Waals surface area contributed by atoms with E-state index in [4.69, 9.17) is 22.7 Å². The van der Waals surface area contributed by atoms with Gasteiger partial charge in [0.1, 0.15) is 0 Å². The van der Waals surface area contributed by atoms with Crippen molar-refractivity contribution in [1.82, 2.24) is 0 Å². The Bertz CT molecular complexity index is 879. The van der Waals surface area contributed by atoms with Gasteiger partial charge in [-0.2, -0.15) is 0 Å². The third kappa shape index (κ3) is 2.88. The molecule has 132 valence electrons. The molecule has 2 N–H and O–H groups in total. The number of hydrogen-bond acceptors (Lipinski definition) is 4. The van der Waals surface area contributed by atoms with E-state index in [1.54, 1.807) is 24.3 Å². The largest absolute Gasteiger partial charge is 0.393 e. The monoisotopic (exact) mass is 375 g/mol. The van der Waals surface area contributed by atoms with Gasteiger partial charge in [0, 0.05) is 13.0 Å². The second-order valence-corrected chi connectivity index (χ2v) is 9.01. The minimum absolute atomic E-state index is 0.178. The number of thiocarbonyl (C=S) groups is 1. The Balaban J connectivity index is 2.11. The van der Waals surface area contributed by atoms with Gasteiger partial charge in [-0.05, 0) is 24.6 Å². The number of rotatable bonds is 6. The third-order valence-electron chi connectivity index (χ3n) is 4.94. The topological polar surface area (TPSA) is 69.4 Å². The second-order valence-electron chi connectivity index (χ2n) is 6.50. The second kappa shape index (κ2) is 6.52. The zero-order valence-corrected chi connectivity index (χ0v) is 15.8. The van der Waals surface area contributed by atoms with Crippen LogP contribution in [0, 0.1) is 12.3 Å². The maximum Gasteiger partial charge on any atom is 0.182 e. The first-order chi connectivity index (χ1) is 11.9. The van der Waals surface area contributed by atoms with Gasteiger partial charge in [-0.3, -0.25) is 0 Å². The lowest BCUT2D eigenvalue weighted by molar-refractivity contribution is 0.166. The summed E-state index contributed by atoms with van der Waals surface area (Å²) in [4.78, 5) is 0.474. The van der Waals surface area contributed by atoms with Crippen molar-refractivity contribution < 1.29 is 13.2 Å². The van der Waals surface area contributed by atoms with Crippen molar-refractivity contribution in [3.8, 4) is 0 Å². The average Bonchev–Trinajstić information content (AvgIpc) is 3.27. The normalized spacial score (nSPS) is 25.5. The van der Waals surface area contributed by atoms with Gasteiger partial charge in [0.2, 0.25) is 0 Å². The minimum Gasteiger partial charge on any atom is -0.393 e. The van der Waals surface area contributed by atoms with Crippen molar-refractivity contribution in [2.24, 2.45) is 11.1 Å². The van der Waals surface area contributed by atoms with Crippen LogP contribution in [-0.4, -0.2) is 32.4 Å². The fourth-order valence-corrected chi connectivity index (χ4v) is 6.41. The van der Waals surface area contributed by atoms with Crippen LogP contribution in [0.2, 0.25) is 0 Å². The van der Waals surface area contributed by atoms with Gasteiger partial charge in [-0.15, -0.1) is 0 Å². The van der Waals surface area contributed by atoms with Crippen LogP contribution in [0.3, 0.4) is 0 Å². The minimum atomic E-state index is -3.60. The van der Waals surface area contributed by atoms with Crippen molar-refractivity contribution in [1.29, 1.82) is 0 Å². The first-order valence-electron chi connectivity index (χ1n) is 8.00. The molecule has 0 aromatic heterocycles. The number of aryl methyl sites for hydroxylation is 1.